The van der Waals surface area contributed by atoms with Crippen LogP contribution in [0.4, 0.5) is 0 Å². The lowest BCUT2D eigenvalue weighted by Gasteiger charge is -2.31. The summed E-state index contributed by atoms with van der Waals surface area (Å²) < 4.78 is 0. The van der Waals surface area contributed by atoms with Crippen LogP contribution in [0, 0.1) is 17.8 Å². The Hall–Kier alpha value is -0.520. The van der Waals surface area contributed by atoms with Crippen LogP contribution in [0.25, 0.3) is 0 Å². The monoisotopic (exact) mass is 220 g/mol. The highest BCUT2D eigenvalue weighted by atomic mass is 14.3. The van der Waals surface area contributed by atoms with Crippen molar-refractivity contribution >= 4 is 0 Å². The average molecular weight is 220 g/mol. The van der Waals surface area contributed by atoms with Gasteiger partial charge in [0.05, 0.1) is 0 Å². The van der Waals surface area contributed by atoms with Gasteiger partial charge in [0, 0.05) is 0 Å². The van der Waals surface area contributed by atoms with Crippen molar-refractivity contribution in [3.05, 3.63) is 22.8 Å². The predicted molar refractivity (Wildman–Crippen MR) is 73.5 cm³/mol. The van der Waals surface area contributed by atoms with Crippen molar-refractivity contribution < 1.29 is 0 Å². The molecule has 0 aromatic heterocycles. The number of rotatable bonds is 4. The lowest BCUT2D eigenvalue weighted by Crippen LogP contribution is -2.18. The molecule has 0 bridgehead atoms. The topological polar surface area (TPSA) is 0 Å². The van der Waals surface area contributed by atoms with Gasteiger partial charge in [0.2, 0.25) is 0 Å². The van der Waals surface area contributed by atoms with Crippen LogP contribution in [0.2, 0.25) is 0 Å². The van der Waals surface area contributed by atoms with E-state index in [2.05, 4.69) is 47.6 Å². The third-order valence-electron chi connectivity index (χ3n) is 4.65. The van der Waals surface area contributed by atoms with Crippen LogP contribution in [0.5, 0.6) is 0 Å². The average Bonchev–Trinajstić information content (AvgIpc) is 2.30. The summed E-state index contributed by atoms with van der Waals surface area (Å²) in [6, 6.07) is 0. The molecule has 92 valence electrons. The van der Waals surface area contributed by atoms with Gasteiger partial charge in [-0.1, -0.05) is 45.8 Å². The Bertz CT molecular complexity index is 293. The van der Waals surface area contributed by atoms with Gasteiger partial charge in [-0.15, -0.1) is 0 Å². The number of hydrogen-bond acceptors (Lipinski definition) is 0. The van der Waals surface area contributed by atoms with Crippen LogP contribution in [0.15, 0.2) is 22.8 Å². The highest BCUT2D eigenvalue weighted by molar-refractivity contribution is 5.39. The molecule has 0 nitrogen and oxygen atoms in total. The van der Waals surface area contributed by atoms with Gasteiger partial charge in [0.1, 0.15) is 0 Å². The van der Waals surface area contributed by atoms with Crippen molar-refractivity contribution in [1.82, 2.24) is 0 Å². The summed E-state index contributed by atoms with van der Waals surface area (Å²) in [5, 5.41) is 0. The smallest absolute Gasteiger partial charge is 0.0140 e. The van der Waals surface area contributed by atoms with Gasteiger partial charge >= 0.3 is 0 Å². The zero-order valence-corrected chi connectivity index (χ0v) is 11.9. The van der Waals surface area contributed by atoms with Crippen LogP contribution < -0.4 is 0 Å². The largest absolute Gasteiger partial charge is 0.0802 e. The second kappa shape index (κ2) is 5.70. The molecule has 0 aromatic carbocycles. The number of allylic oxidation sites excluding steroid dienone is 4. The minimum absolute atomic E-state index is 0.729. The molecule has 0 spiro atoms. The second-order valence-electron chi connectivity index (χ2n) is 5.50. The Morgan fingerprint density at radius 1 is 1.19 bits per heavy atom. The molecule has 16 heavy (non-hydrogen) atoms. The van der Waals surface area contributed by atoms with Crippen LogP contribution in [-0.2, 0) is 0 Å². The van der Waals surface area contributed by atoms with E-state index >= 15 is 0 Å². The molecule has 0 heteroatoms. The fourth-order valence-corrected chi connectivity index (χ4v) is 2.82. The van der Waals surface area contributed by atoms with Crippen molar-refractivity contribution in [2.45, 2.75) is 60.8 Å². The van der Waals surface area contributed by atoms with Crippen LogP contribution in [-0.4, -0.2) is 0 Å². The van der Waals surface area contributed by atoms with Crippen molar-refractivity contribution in [2.75, 3.05) is 0 Å². The van der Waals surface area contributed by atoms with E-state index in [0.717, 1.165) is 17.8 Å². The second-order valence-corrected chi connectivity index (χ2v) is 5.50. The minimum Gasteiger partial charge on any atom is -0.0802 e. The molecule has 0 amide bonds. The summed E-state index contributed by atoms with van der Waals surface area (Å²) in [7, 11) is 0. The van der Waals surface area contributed by atoms with Gasteiger partial charge < -0.3 is 0 Å². The van der Waals surface area contributed by atoms with Crippen molar-refractivity contribution in [3.8, 4) is 0 Å². The predicted octanol–water partition coefficient (Wildman–Crippen LogP) is 5.36. The normalized spacial score (nSPS) is 25.4. The summed E-state index contributed by atoms with van der Waals surface area (Å²) in [5.41, 5.74) is 4.83. The highest BCUT2D eigenvalue weighted by Gasteiger charge is 2.24. The molecule has 0 aliphatic heterocycles. The van der Waals surface area contributed by atoms with E-state index in [-0.39, 0.29) is 0 Å². The quantitative estimate of drug-likeness (QED) is 0.598. The molecule has 1 aliphatic rings. The van der Waals surface area contributed by atoms with Crippen molar-refractivity contribution in [3.63, 3.8) is 0 Å². The van der Waals surface area contributed by atoms with E-state index in [1.54, 1.807) is 16.7 Å². The standard InChI is InChI=1S/C16H28/c1-7-11(3)15-9-10-16(12(4)8-2)14(6)13(15)5/h9,11-12,16H,7-8,10H2,1-6H3. The van der Waals surface area contributed by atoms with Gasteiger partial charge in [-0.3, -0.25) is 0 Å². The molecule has 1 aliphatic carbocycles. The molecule has 0 heterocycles. The van der Waals surface area contributed by atoms with E-state index in [1.165, 1.54) is 19.3 Å². The fourth-order valence-electron chi connectivity index (χ4n) is 2.82. The molecule has 1 rings (SSSR count). The summed E-state index contributed by atoms with van der Waals surface area (Å²) >= 11 is 0. The highest BCUT2D eigenvalue weighted by Crippen LogP contribution is 2.38. The van der Waals surface area contributed by atoms with Crippen LogP contribution in [0.3, 0.4) is 0 Å². The lowest BCUT2D eigenvalue weighted by molar-refractivity contribution is 0.391. The Morgan fingerprint density at radius 3 is 2.31 bits per heavy atom. The maximum atomic E-state index is 2.51. The molecule has 3 unspecified atom stereocenters. The molecule has 3 atom stereocenters. The van der Waals surface area contributed by atoms with E-state index in [4.69, 9.17) is 0 Å². The van der Waals surface area contributed by atoms with Gasteiger partial charge in [-0.25, -0.2) is 0 Å². The van der Waals surface area contributed by atoms with Gasteiger partial charge in [0.15, 0.2) is 0 Å². The van der Waals surface area contributed by atoms with Crippen molar-refractivity contribution in [1.29, 1.82) is 0 Å². The molecule has 0 aromatic rings. The van der Waals surface area contributed by atoms with Crippen LogP contribution >= 0.6 is 0 Å². The lowest BCUT2D eigenvalue weighted by atomic mass is 9.74. The minimum atomic E-state index is 0.729. The maximum Gasteiger partial charge on any atom is -0.0140 e. The van der Waals surface area contributed by atoms with Crippen molar-refractivity contribution in [2.24, 2.45) is 17.8 Å². The molecular weight excluding hydrogens is 192 g/mol. The molecule has 0 saturated heterocycles. The summed E-state index contributed by atoms with van der Waals surface area (Å²) in [6.45, 7) is 14.0. The Balaban J connectivity index is 2.90. The molecule has 0 radical (unpaired) electrons. The zero-order chi connectivity index (χ0) is 12.3. The fraction of sp³-hybridized carbons (Fsp3) is 0.750. The first-order chi connectivity index (χ1) is 7.52. The van der Waals surface area contributed by atoms with Gasteiger partial charge in [0.25, 0.3) is 0 Å². The van der Waals surface area contributed by atoms with E-state index in [0.29, 0.717) is 0 Å². The summed E-state index contributed by atoms with van der Waals surface area (Å²) in [5.74, 6) is 2.34. The van der Waals surface area contributed by atoms with Crippen LogP contribution in [0.1, 0.15) is 60.8 Å². The molecule has 0 N–H and O–H groups in total. The molecular formula is C16H28. The van der Waals surface area contributed by atoms with Gasteiger partial charge in [-0.2, -0.15) is 0 Å². The van der Waals surface area contributed by atoms with Gasteiger partial charge in [-0.05, 0) is 55.6 Å². The zero-order valence-electron chi connectivity index (χ0n) is 11.9. The Kier molecular flexibility index (Phi) is 4.83. The first kappa shape index (κ1) is 13.5. The van der Waals surface area contributed by atoms with E-state index < -0.39 is 0 Å². The summed E-state index contributed by atoms with van der Waals surface area (Å²) in [6.07, 6.45) is 6.32. The SMILES string of the molecule is CCC(C)C1=CCC(C(C)CC)C(C)=C1C. The Labute approximate surface area is 102 Å². The number of hydrogen-bond donors (Lipinski definition) is 0. The first-order valence-electron chi connectivity index (χ1n) is 6.90. The van der Waals surface area contributed by atoms with E-state index in [1.807, 2.05) is 0 Å². The maximum absolute atomic E-state index is 2.51. The summed E-state index contributed by atoms with van der Waals surface area (Å²) in [4.78, 5) is 0. The third kappa shape index (κ3) is 2.59. The first-order valence-corrected chi connectivity index (χ1v) is 6.90. The molecule has 0 fully saturated rings. The third-order valence-corrected chi connectivity index (χ3v) is 4.65. The molecule has 0 saturated carbocycles. The Morgan fingerprint density at radius 2 is 1.81 bits per heavy atom. The van der Waals surface area contributed by atoms with E-state index in [9.17, 15) is 0 Å².